The van der Waals surface area contributed by atoms with Crippen LogP contribution in [-0.4, -0.2) is 18.0 Å². The van der Waals surface area contributed by atoms with Gasteiger partial charge in [0.1, 0.15) is 11.5 Å². The van der Waals surface area contributed by atoms with Crippen LogP contribution in [0.15, 0.2) is 249 Å². The fourth-order valence-corrected chi connectivity index (χ4v) is 13.9. The molecule has 82 heavy (non-hydrogen) atoms. The van der Waals surface area contributed by atoms with Crippen LogP contribution in [0.5, 0.6) is 11.5 Å². The first kappa shape index (κ1) is 49.6. The van der Waals surface area contributed by atoms with E-state index in [1.165, 1.54) is 60.2 Å². The zero-order valence-corrected chi connectivity index (χ0v) is 47.3. The SMILES string of the molecule is CC(C)c1cc(C(C)C)c(B2c3ccccc3Oc3cc4c(cc32)B2c3ccc(N(c5ccccc5)c5ccccc5)cc3N(c3ccccc3)c3cc(-n5c6ccccc6c6ccccc65)cc(c32)N4c2ccccc2)c(C(C)C)c1. The third-order valence-corrected chi connectivity index (χ3v) is 17.5. The number of anilines is 9. The molecule has 7 heteroatoms. The maximum Gasteiger partial charge on any atom is 0.252 e. The molecule has 3 aliphatic heterocycles. The van der Waals surface area contributed by atoms with E-state index < -0.39 is 0 Å². The van der Waals surface area contributed by atoms with Gasteiger partial charge in [0.15, 0.2) is 0 Å². The highest BCUT2D eigenvalue weighted by molar-refractivity contribution is 7.02. The Balaban J connectivity index is 1.07. The summed E-state index contributed by atoms with van der Waals surface area (Å²) >= 11 is 0. The standard InChI is InChI=1S/C75H62B2N4O/c1-48(2)51-41-60(49(3)4)74(61(42-51)50(5)6)77-63-35-21-24-38-72(63)82-73-47-69-64(46-65(73)77)76-62-40-39-56(78(52-25-11-7-12-26-52)53-27-13-8-14-28-53)43-68(62)79(54-29-15-9-16-30-54)70-44-57(45-71(75(70)76)80(69)55-31-17-10-18-32-55)81-66-36-22-19-33-58(66)59-34-20-23-37-67(59)81/h7-50H,1-6H3. The van der Waals surface area contributed by atoms with Gasteiger partial charge >= 0.3 is 0 Å². The van der Waals surface area contributed by atoms with Gasteiger partial charge in [0.25, 0.3) is 13.4 Å². The molecule has 0 aliphatic carbocycles. The largest absolute Gasteiger partial charge is 0.458 e. The fraction of sp³-hybridized carbons (Fsp3) is 0.120. The van der Waals surface area contributed by atoms with Crippen LogP contribution in [-0.2, 0) is 0 Å². The number of aromatic nitrogens is 1. The summed E-state index contributed by atoms with van der Waals surface area (Å²) in [5.74, 6) is 2.79. The molecule has 3 aliphatic rings. The van der Waals surface area contributed by atoms with E-state index in [0.29, 0.717) is 17.8 Å². The van der Waals surface area contributed by atoms with Crippen LogP contribution in [0.4, 0.5) is 51.2 Å². The van der Waals surface area contributed by atoms with Gasteiger partial charge in [0.2, 0.25) is 0 Å². The summed E-state index contributed by atoms with van der Waals surface area (Å²) in [5.41, 5.74) is 25.1. The van der Waals surface area contributed by atoms with Crippen molar-refractivity contribution < 1.29 is 4.74 Å². The fourth-order valence-electron chi connectivity index (χ4n) is 13.9. The Hall–Kier alpha value is -9.45. The number of hydrogen-bond donors (Lipinski definition) is 0. The molecule has 0 unspecified atom stereocenters. The molecule has 0 saturated carbocycles. The predicted molar refractivity (Wildman–Crippen MR) is 349 cm³/mol. The van der Waals surface area contributed by atoms with Gasteiger partial charge in [0, 0.05) is 68.0 Å². The maximum atomic E-state index is 7.34. The van der Waals surface area contributed by atoms with Crippen molar-refractivity contribution in [1.82, 2.24) is 4.57 Å². The summed E-state index contributed by atoms with van der Waals surface area (Å²) in [6.45, 7) is 13.9. The first-order valence-corrected chi connectivity index (χ1v) is 29.2. The number of para-hydroxylation sites is 7. The van der Waals surface area contributed by atoms with E-state index in [0.717, 1.165) is 79.4 Å². The quantitative estimate of drug-likeness (QED) is 0.127. The second kappa shape index (κ2) is 19.7. The molecule has 0 spiro atoms. The van der Waals surface area contributed by atoms with Crippen LogP contribution in [0, 0.1) is 0 Å². The van der Waals surface area contributed by atoms with E-state index in [-0.39, 0.29) is 13.4 Å². The second-order valence-corrected chi connectivity index (χ2v) is 23.4. The number of rotatable bonds is 10. The van der Waals surface area contributed by atoms with Crippen molar-refractivity contribution in [2.45, 2.75) is 59.3 Å². The van der Waals surface area contributed by atoms with E-state index in [2.05, 4.69) is 310 Å². The Morgan fingerprint density at radius 3 is 1.38 bits per heavy atom. The topological polar surface area (TPSA) is 23.9 Å². The van der Waals surface area contributed by atoms with Gasteiger partial charge < -0.3 is 24.0 Å². The van der Waals surface area contributed by atoms with Crippen LogP contribution in [0.1, 0.15) is 76.0 Å². The molecule has 0 N–H and O–H groups in total. The molecule has 394 valence electrons. The van der Waals surface area contributed by atoms with E-state index >= 15 is 0 Å². The van der Waals surface area contributed by atoms with Crippen LogP contribution < -0.4 is 52.2 Å². The van der Waals surface area contributed by atoms with Gasteiger partial charge in [-0.25, -0.2) is 0 Å². The number of benzene rings is 11. The molecule has 0 fully saturated rings. The molecular formula is C75H62B2N4O. The van der Waals surface area contributed by atoms with E-state index in [1.54, 1.807) is 0 Å². The smallest absolute Gasteiger partial charge is 0.252 e. The lowest BCUT2D eigenvalue weighted by Gasteiger charge is -2.45. The number of nitrogens with zero attached hydrogens (tertiary/aromatic N) is 4. The Kier molecular flexibility index (Phi) is 11.9. The summed E-state index contributed by atoms with van der Waals surface area (Å²) in [6.07, 6.45) is 0. The molecule has 11 aromatic carbocycles. The zero-order valence-electron chi connectivity index (χ0n) is 47.3. The lowest BCUT2D eigenvalue weighted by atomic mass is 9.30. The first-order valence-electron chi connectivity index (χ1n) is 29.2. The molecule has 0 amide bonds. The average molecular weight is 1060 g/mol. The summed E-state index contributed by atoms with van der Waals surface area (Å²) in [7, 11) is 0. The molecule has 0 bridgehead atoms. The summed E-state index contributed by atoms with van der Waals surface area (Å²) in [6, 6.07) is 92.3. The Bertz CT molecular complexity index is 4320. The third kappa shape index (κ3) is 7.85. The van der Waals surface area contributed by atoms with E-state index in [9.17, 15) is 0 Å². The summed E-state index contributed by atoms with van der Waals surface area (Å²) in [4.78, 5) is 7.48. The maximum absolute atomic E-state index is 7.34. The highest BCUT2D eigenvalue weighted by Gasteiger charge is 2.47. The van der Waals surface area contributed by atoms with Crippen molar-refractivity contribution in [3.05, 3.63) is 265 Å². The minimum absolute atomic E-state index is 0.0819. The van der Waals surface area contributed by atoms with E-state index in [4.69, 9.17) is 4.74 Å². The van der Waals surface area contributed by atoms with Crippen molar-refractivity contribution in [3.63, 3.8) is 0 Å². The Labute approximate surface area is 482 Å². The number of fused-ring (bicyclic) bond motifs is 9. The van der Waals surface area contributed by atoms with Crippen molar-refractivity contribution >= 4 is 119 Å². The van der Waals surface area contributed by atoms with Crippen LogP contribution in [0.2, 0.25) is 0 Å². The van der Waals surface area contributed by atoms with Crippen LogP contribution >= 0.6 is 0 Å². The highest BCUT2D eigenvalue weighted by atomic mass is 16.5. The number of hydrogen-bond acceptors (Lipinski definition) is 4. The average Bonchev–Trinajstić information content (AvgIpc) is 1.46. The minimum atomic E-state index is -0.182. The molecule has 1 aromatic heterocycles. The van der Waals surface area contributed by atoms with Crippen molar-refractivity contribution in [2.75, 3.05) is 14.7 Å². The van der Waals surface area contributed by atoms with Gasteiger partial charge in [-0.1, -0.05) is 199 Å². The van der Waals surface area contributed by atoms with E-state index in [1.807, 2.05) is 0 Å². The Morgan fingerprint density at radius 2 is 0.829 bits per heavy atom. The van der Waals surface area contributed by atoms with Crippen molar-refractivity contribution in [3.8, 4) is 17.2 Å². The normalized spacial score (nSPS) is 13.1. The lowest BCUT2D eigenvalue weighted by molar-refractivity contribution is 0.487. The molecule has 12 aromatic rings. The second-order valence-electron chi connectivity index (χ2n) is 23.4. The van der Waals surface area contributed by atoms with Gasteiger partial charge in [-0.15, -0.1) is 0 Å². The predicted octanol–water partition coefficient (Wildman–Crippen LogP) is 16.3. The minimum Gasteiger partial charge on any atom is -0.458 e. The Morgan fingerprint density at radius 1 is 0.341 bits per heavy atom. The molecular weight excluding hydrogens is 994 g/mol. The van der Waals surface area contributed by atoms with Crippen molar-refractivity contribution in [1.29, 1.82) is 0 Å². The first-order chi connectivity index (χ1) is 40.2. The lowest BCUT2D eigenvalue weighted by Crippen LogP contribution is -2.64. The van der Waals surface area contributed by atoms with Gasteiger partial charge in [-0.05, 0) is 153 Å². The third-order valence-electron chi connectivity index (χ3n) is 17.5. The van der Waals surface area contributed by atoms with Gasteiger partial charge in [0.05, 0.1) is 16.7 Å². The molecule has 0 saturated heterocycles. The number of ether oxygens (including phenoxy) is 1. The zero-order chi connectivity index (χ0) is 55.3. The molecule has 0 atom stereocenters. The molecule has 5 nitrogen and oxygen atoms in total. The van der Waals surface area contributed by atoms with Gasteiger partial charge in [-0.2, -0.15) is 0 Å². The van der Waals surface area contributed by atoms with Gasteiger partial charge in [-0.3, -0.25) is 0 Å². The highest BCUT2D eigenvalue weighted by Crippen LogP contribution is 2.49. The molecule has 4 heterocycles. The van der Waals surface area contributed by atoms with Crippen molar-refractivity contribution in [2.24, 2.45) is 0 Å². The monoisotopic (exact) mass is 1060 g/mol. The van der Waals surface area contributed by atoms with Crippen LogP contribution in [0.3, 0.4) is 0 Å². The van der Waals surface area contributed by atoms with Crippen LogP contribution in [0.25, 0.3) is 27.5 Å². The summed E-state index contributed by atoms with van der Waals surface area (Å²) in [5, 5.41) is 2.45. The summed E-state index contributed by atoms with van der Waals surface area (Å²) < 4.78 is 9.83. The molecule has 15 rings (SSSR count). The molecule has 0 radical (unpaired) electrons.